The highest BCUT2D eigenvalue weighted by molar-refractivity contribution is 6.12. The van der Waals surface area contributed by atoms with E-state index in [9.17, 15) is 15.8 Å². The highest BCUT2D eigenvalue weighted by atomic mass is 15.1. The lowest BCUT2D eigenvalue weighted by atomic mass is 10.1. The molecule has 0 aliphatic carbocycles. The summed E-state index contributed by atoms with van der Waals surface area (Å²) in [5.41, 5.74) is 11.6. The summed E-state index contributed by atoms with van der Waals surface area (Å²) in [7, 11) is 0. The van der Waals surface area contributed by atoms with Gasteiger partial charge in [0.15, 0.2) is 0 Å². The molecule has 9 nitrogen and oxygen atoms in total. The van der Waals surface area contributed by atoms with Crippen LogP contribution in [0.4, 0.5) is 0 Å². The van der Waals surface area contributed by atoms with Crippen molar-refractivity contribution in [3.8, 4) is 41.5 Å². The Morgan fingerprint density at radius 2 is 0.549 bits per heavy atom. The molecule has 6 aromatic heterocycles. The van der Waals surface area contributed by atoms with Gasteiger partial charge in [-0.15, -0.1) is 0 Å². The molecular formula is C62H37N9. The van der Waals surface area contributed by atoms with Gasteiger partial charge in [0.25, 0.3) is 0 Å². The quantitative estimate of drug-likeness (QED) is 0.174. The first kappa shape index (κ1) is 41.0. The van der Waals surface area contributed by atoms with Gasteiger partial charge in [0, 0.05) is 43.1 Å². The van der Waals surface area contributed by atoms with Gasteiger partial charge in [-0.2, -0.15) is 15.8 Å². The van der Waals surface area contributed by atoms with Gasteiger partial charge in [-0.25, -0.2) is 9.97 Å². The van der Waals surface area contributed by atoms with Crippen molar-refractivity contribution in [2.75, 3.05) is 0 Å². The predicted octanol–water partition coefficient (Wildman–Crippen LogP) is 14.5. The third-order valence-corrected chi connectivity index (χ3v) is 13.6. The molecule has 0 saturated heterocycles. The highest BCUT2D eigenvalue weighted by Crippen LogP contribution is 2.37. The predicted molar refractivity (Wildman–Crippen MR) is 285 cm³/mol. The van der Waals surface area contributed by atoms with E-state index in [-0.39, 0.29) is 0 Å². The van der Waals surface area contributed by atoms with Crippen LogP contribution in [0.3, 0.4) is 0 Å². The largest absolute Gasteiger partial charge is 0.294 e. The number of aryl methyl sites for hydroxylation is 1. The van der Waals surface area contributed by atoms with Gasteiger partial charge in [0.05, 0.1) is 79.0 Å². The average Bonchev–Trinajstić information content (AvgIpc) is 4.15. The Morgan fingerprint density at radius 1 is 0.282 bits per heavy atom. The van der Waals surface area contributed by atoms with Gasteiger partial charge in [0.1, 0.15) is 23.3 Å². The van der Waals surface area contributed by atoms with Crippen molar-refractivity contribution in [2.45, 2.75) is 6.92 Å². The third kappa shape index (κ3) is 6.45. The summed E-state index contributed by atoms with van der Waals surface area (Å²) < 4.78 is 8.73. The zero-order chi connectivity index (χ0) is 47.7. The Morgan fingerprint density at radius 3 is 0.887 bits per heavy atom. The normalized spacial score (nSPS) is 11.4. The van der Waals surface area contributed by atoms with Crippen molar-refractivity contribution < 1.29 is 0 Å². The fraction of sp³-hybridized carbons (Fsp3) is 0.0161. The molecule has 0 atom stereocenters. The van der Waals surface area contributed by atoms with E-state index in [0.29, 0.717) is 16.7 Å². The number of para-hydroxylation sites is 4. The molecule has 0 radical (unpaired) electrons. The zero-order valence-electron chi connectivity index (χ0n) is 38.2. The zero-order valence-corrected chi connectivity index (χ0v) is 38.2. The Hall–Kier alpha value is -10.3. The molecule has 0 N–H and O–H groups in total. The number of hydrogen-bond acceptors (Lipinski definition) is 5. The summed E-state index contributed by atoms with van der Waals surface area (Å²) in [5.74, 6) is 3.31. The van der Waals surface area contributed by atoms with Crippen LogP contribution in [0.2, 0.25) is 0 Å². The minimum absolute atomic E-state index is 0.633. The van der Waals surface area contributed by atoms with Crippen molar-refractivity contribution >= 4 is 87.2 Å². The Balaban J connectivity index is 0.000000139. The van der Waals surface area contributed by atoms with E-state index in [4.69, 9.17) is 9.97 Å². The summed E-state index contributed by atoms with van der Waals surface area (Å²) in [5, 5.41) is 37.2. The lowest BCUT2D eigenvalue weighted by Gasteiger charge is -2.11. The van der Waals surface area contributed by atoms with E-state index in [2.05, 4.69) is 147 Å². The molecule has 0 aliphatic heterocycles. The second-order valence-electron chi connectivity index (χ2n) is 17.7. The summed E-state index contributed by atoms with van der Waals surface area (Å²) in [4.78, 5) is 10.3. The molecule has 14 aromatic rings. The van der Waals surface area contributed by atoms with Gasteiger partial charge < -0.3 is 0 Å². The van der Waals surface area contributed by atoms with Gasteiger partial charge in [0.2, 0.25) is 0 Å². The van der Waals surface area contributed by atoms with Crippen LogP contribution >= 0.6 is 0 Å². The van der Waals surface area contributed by atoms with Crippen molar-refractivity contribution in [2.24, 2.45) is 0 Å². The van der Waals surface area contributed by atoms with Crippen LogP contribution < -0.4 is 0 Å². The number of aromatic nitrogens is 6. The van der Waals surface area contributed by atoms with Crippen molar-refractivity contribution in [3.63, 3.8) is 0 Å². The van der Waals surface area contributed by atoms with Gasteiger partial charge in [-0.1, -0.05) is 96.6 Å². The van der Waals surface area contributed by atoms with Crippen LogP contribution in [0.15, 0.2) is 206 Å². The van der Waals surface area contributed by atoms with Gasteiger partial charge >= 0.3 is 0 Å². The van der Waals surface area contributed by atoms with E-state index in [1.807, 2.05) is 103 Å². The summed E-state index contributed by atoms with van der Waals surface area (Å²) in [6, 6.07) is 76.3. The first-order valence-electron chi connectivity index (χ1n) is 23.2. The van der Waals surface area contributed by atoms with Crippen LogP contribution in [0.1, 0.15) is 22.3 Å². The van der Waals surface area contributed by atoms with Crippen LogP contribution in [0.25, 0.3) is 110 Å². The molecule has 71 heavy (non-hydrogen) atoms. The fourth-order valence-electron chi connectivity index (χ4n) is 10.5. The molecular weight excluding hydrogens is 871 g/mol. The van der Waals surface area contributed by atoms with E-state index >= 15 is 0 Å². The highest BCUT2D eigenvalue weighted by Gasteiger charge is 2.19. The second kappa shape index (κ2) is 16.2. The van der Waals surface area contributed by atoms with E-state index < -0.39 is 0 Å². The fourth-order valence-corrected chi connectivity index (χ4v) is 10.5. The average molecular weight is 908 g/mol. The molecule has 0 saturated carbocycles. The number of hydrogen-bond donors (Lipinski definition) is 0. The molecule has 0 spiro atoms. The number of benzene rings is 8. The Kier molecular flexibility index (Phi) is 9.35. The maximum Gasteiger partial charge on any atom is 0.140 e. The van der Waals surface area contributed by atoms with Gasteiger partial charge in [-0.3, -0.25) is 18.3 Å². The number of rotatable bonds is 4. The molecule has 0 bridgehead atoms. The second-order valence-corrected chi connectivity index (χ2v) is 17.7. The molecule has 330 valence electrons. The van der Waals surface area contributed by atoms with Crippen LogP contribution in [0.5, 0.6) is 0 Å². The van der Waals surface area contributed by atoms with E-state index in [1.54, 1.807) is 0 Å². The van der Waals surface area contributed by atoms with Crippen molar-refractivity contribution in [1.29, 1.82) is 15.8 Å². The van der Waals surface area contributed by atoms with Gasteiger partial charge in [-0.05, 0) is 122 Å². The number of pyridine rings is 2. The SMILES string of the molecule is Cc1ccc2c(c1)c1cc(C#N)ccc1n2-c1cccc(-n2c3ccccc3c3ccccc32)n1.N#Cc1ccc2c(c1)c1ccccc1n2-c1cccc(-n2c3ccccc3c3cc(C#N)ccc32)n1. The van der Waals surface area contributed by atoms with Crippen molar-refractivity contribution in [1.82, 2.24) is 28.2 Å². The molecule has 0 unspecified atom stereocenters. The lowest BCUT2D eigenvalue weighted by Crippen LogP contribution is -2.03. The number of fused-ring (bicyclic) bond motifs is 12. The molecule has 0 aliphatic rings. The number of nitriles is 3. The number of nitrogens with zero attached hydrogens (tertiary/aromatic N) is 9. The first-order chi connectivity index (χ1) is 35.0. The topological polar surface area (TPSA) is 117 Å². The molecule has 6 heterocycles. The monoisotopic (exact) mass is 907 g/mol. The van der Waals surface area contributed by atoms with Crippen LogP contribution in [0, 0.1) is 40.9 Å². The minimum Gasteiger partial charge on any atom is -0.294 e. The van der Waals surface area contributed by atoms with Crippen LogP contribution in [-0.2, 0) is 0 Å². The smallest absolute Gasteiger partial charge is 0.140 e. The molecule has 0 amide bonds. The Bertz CT molecular complexity index is 4450. The lowest BCUT2D eigenvalue weighted by molar-refractivity contribution is 1.01. The molecule has 9 heteroatoms. The summed E-state index contributed by atoms with van der Waals surface area (Å²) in [6.07, 6.45) is 0. The van der Waals surface area contributed by atoms with E-state index in [0.717, 1.165) is 99.7 Å². The molecule has 0 fully saturated rings. The molecule has 8 aromatic carbocycles. The standard InChI is InChI=1S/C31H17N5.C31H20N4/c32-18-20-12-14-28-24(16-20)22-6-1-3-8-26(22)35(28)30-10-5-11-31(34-30)36-27-9-4-2-7-23(27)25-17-21(19-33)13-15-29(25)36;1-20-13-15-28-24(17-20)25-18-21(19-32)14-16-29(25)35(28)31-12-6-11-30(33-31)34-26-9-4-2-7-22(26)23-8-3-5-10-27(23)34/h1-17H;2-18H,1H3. The summed E-state index contributed by atoms with van der Waals surface area (Å²) in [6.45, 7) is 2.10. The van der Waals surface area contributed by atoms with E-state index in [1.165, 1.54) is 16.3 Å². The van der Waals surface area contributed by atoms with Crippen molar-refractivity contribution in [3.05, 3.63) is 229 Å². The minimum atomic E-state index is 0.633. The maximum atomic E-state index is 9.49. The maximum absolute atomic E-state index is 9.49. The summed E-state index contributed by atoms with van der Waals surface area (Å²) >= 11 is 0. The van der Waals surface area contributed by atoms with Crippen LogP contribution in [-0.4, -0.2) is 28.2 Å². The first-order valence-corrected chi connectivity index (χ1v) is 23.2. The Labute approximate surface area is 406 Å². The molecule has 14 rings (SSSR count). The third-order valence-electron chi connectivity index (χ3n) is 13.6.